The van der Waals surface area contributed by atoms with Crippen molar-refractivity contribution in [2.24, 2.45) is 0 Å². The summed E-state index contributed by atoms with van der Waals surface area (Å²) in [7, 11) is -4.22. The van der Waals surface area contributed by atoms with Gasteiger partial charge < -0.3 is 20.7 Å². The summed E-state index contributed by atoms with van der Waals surface area (Å²) in [5, 5.41) is 10.6. The SMILES string of the molecule is CC1NC(=O)NC(=O)C1S(=O)(=O)Nc1cccc(-n2nnc(C(=O)N3CCOCC3)c2N)c1. The lowest BCUT2D eigenvalue weighted by atomic mass is 10.2. The molecule has 5 N–H and O–H groups in total. The maximum absolute atomic E-state index is 12.8. The van der Waals surface area contributed by atoms with Crippen molar-refractivity contribution in [2.75, 3.05) is 36.8 Å². The Morgan fingerprint density at radius 2 is 2.00 bits per heavy atom. The van der Waals surface area contributed by atoms with E-state index in [0.29, 0.717) is 32.0 Å². The van der Waals surface area contributed by atoms with Crippen molar-refractivity contribution in [1.82, 2.24) is 30.5 Å². The molecule has 15 heteroatoms. The van der Waals surface area contributed by atoms with Crippen LogP contribution in [-0.4, -0.2) is 83.8 Å². The van der Waals surface area contributed by atoms with Crippen LogP contribution in [0.2, 0.25) is 0 Å². The van der Waals surface area contributed by atoms with Crippen LogP contribution >= 0.6 is 0 Å². The molecule has 2 aromatic rings. The number of sulfonamides is 1. The number of morpholine rings is 1. The molecule has 0 radical (unpaired) electrons. The first kappa shape index (κ1) is 22.5. The van der Waals surface area contributed by atoms with Gasteiger partial charge in [0.2, 0.25) is 15.9 Å². The standard InChI is InChI=1S/C18H22N8O6S/c1-10-14(16(27)21-18(29)20-10)33(30,31)23-11-3-2-4-12(9-11)26-15(19)13(22-24-26)17(28)25-5-7-32-8-6-25/h2-4,9-10,14,23H,5-8,19H2,1H3,(H2,20,21,27,29). The number of hydrogen-bond acceptors (Lipinski definition) is 9. The maximum atomic E-state index is 12.8. The number of hydrogen-bond donors (Lipinski definition) is 4. The van der Waals surface area contributed by atoms with E-state index in [-0.39, 0.29) is 23.1 Å². The van der Waals surface area contributed by atoms with E-state index in [1.165, 1.54) is 23.7 Å². The van der Waals surface area contributed by atoms with Gasteiger partial charge in [-0.05, 0) is 25.1 Å². The smallest absolute Gasteiger partial charge is 0.321 e. The predicted molar refractivity (Wildman–Crippen MR) is 115 cm³/mol. The van der Waals surface area contributed by atoms with Crippen LogP contribution in [0.4, 0.5) is 16.3 Å². The molecule has 1 aromatic carbocycles. The van der Waals surface area contributed by atoms with Crippen LogP contribution in [0.15, 0.2) is 24.3 Å². The zero-order valence-electron chi connectivity index (χ0n) is 17.5. The molecule has 2 fully saturated rings. The number of rotatable bonds is 5. The molecule has 2 aliphatic rings. The van der Waals surface area contributed by atoms with Crippen molar-refractivity contribution in [3.63, 3.8) is 0 Å². The molecule has 4 amide bonds. The number of benzene rings is 1. The largest absolute Gasteiger partial charge is 0.382 e. The van der Waals surface area contributed by atoms with Gasteiger partial charge in [-0.2, -0.15) is 4.68 Å². The third kappa shape index (κ3) is 4.45. The minimum Gasteiger partial charge on any atom is -0.382 e. The molecule has 2 atom stereocenters. The second-order valence-electron chi connectivity index (χ2n) is 7.51. The van der Waals surface area contributed by atoms with Crippen molar-refractivity contribution < 1.29 is 27.5 Å². The van der Waals surface area contributed by atoms with Crippen molar-refractivity contribution in [1.29, 1.82) is 0 Å². The second-order valence-corrected chi connectivity index (χ2v) is 9.31. The Morgan fingerprint density at radius 3 is 2.70 bits per heavy atom. The number of nitrogens with zero attached hydrogens (tertiary/aromatic N) is 4. The molecule has 0 saturated carbocycles. The minimum atomic E-state index is -4.22. The second kappa shape index (κ2) is 8.67. The summed E-state index contributed by atoms with van der Waals surface area (Å²) in [6.07, 6.45) is 0. The zero-order chi connectivity index (χ0) is 23.8. The summed E-state index contributed by atoms with van der Waals surface area (Å²) in [5.74, 6) is -1.31. The number of ether oxygens (including phenoxy) is 1. The summed E-state index contributed by atoms with van der Waals surface area (Å²) < 4.78 is 34.4. The highest BCUT2D eigenvalue weighted by atomic mass is 32.2. The van der Waals surface area contributed by atoms with Crippen molar-refractivity contribution >= 4 is 39.4 Å². The van der Waals surface area contributed by atoms with Crippen LogP contribution in [0.1, 0.15) is 17.4 Å². The highest BCUT2D eigenvalue weighted by molar-refractivity contribution is 7.94. The fourth-order valence-electron chi connectivity index (χ4n) is 3.62. The van der Waals surface area contributed by atoms with Crippen LogP contribution in [0, 0.1) is 0 Å². The third-order valence-electron chi connectivity index (χ3n) is 5.20. The number of nitrogens with two attached hydrogens (primary N) is 1. The summed E-state index contributed by atoms with van der Waals surface area (Å²) in [4.78, 5) is 37.7. The fraction of sp³-hybridized carbons (Fsp3) is 0.389. The zero-order valence-corrected chi connectivity index (χ0v) is 18.3. The first-order valence-corrected chi connectivity index (χ1v) is 11.5. The van der Waals surface area contributed by atoms with Crippen LogP contribution in [0.3, 0.4) is 0 Å². The number of nitrogen functional groups attached to an aromatic ring is 1. The molecule has 176 valence electrons. The van der Waals surface area contributed by atoms with E-state index in [1.807, 2.05) is 5.32 Å². The molecular weight excluding hydrogens is 456 g/mol. The van der Waals surface area contributed by atoms with Crippen molar-refractivity contribution in [2.45, 2.75) is 18.2 Å². The lowest BCUT2D eigenvalue weighted by molar-refractivity contribution is -0.120. The average molecular weight is 478 g/mol. The first-order valence-electron chi connectivity index (χ1n) is 9.99. The molecular formula is C18H22N8O6S. The highest BCUT2D eigenvalue weighted by Crippen LogP contribution is 2.22. The van der Waals surface area contributed by atoms with E-state index in [4.69, 9.17) is 10.5 Å². The molecule has 0 spiro atoms. The van der Waals surface area contributed by atoms with Gasteiger partial charge in [0, 0.05) is 13.1 Å². The molecule has 2 aliphatic heterocycles. The van der Waals surface area contributed by atoms with Gasteiger partial charge in [0.1, 0.15) is 0 Å². The van der Waals surface area contributed by atoms with E-state index in [2.05, 4.69) is 20.4 Å². The third-order valence-corrected chi connectivity index (χ3v) is 7.01. The number of urea groups is 1. The van der Waals surface area contributed by atoms with E-state index in [9.17, 15) is 22.8 Å². The Morgan fingerprint density at radius 1 is 1.27 bits per heavy atom. The Labute approximate surface area is 188 Å². The van der Waals surface area contributed by atoms with Gasteiger partial charge in [-0.15, -0.1) is 5.10 Å². The molecule has 0 bridgehead atoms. The average Bonchev–Trinajstić information content (AvgIpc) is 3.14. The van der Waals surface area contributed by atoms with Gasteiger partial charge in [-0.3, -0.25) is 19.6 Å². The van der Waals surface area contributed by atoms with Gasteiger partial charge in [0.15, 0.2) is 16.8 Å². The fourth-order valence-corrected chi connectivity index (χ4v) is 5.14. The van der Waals surface area contributed by atoms with Gasteiger partial charge in [-0.25, -0.2) is 13.2 Å². The number of amides is 4. The number of carbonyl (C=O) groups is 3. The van der Waals surface area contributed by atoms with Gasteiger partial charge in [0.25, 0.3) is 5.91 Å². The molecule has 4 rings (SSSR count). The Bertz CT molecular complexity index is 1210. The number of imide groups is 1. The maximum Gasteiger partial charge on any atom is 0.321 e. The summed E-state index contributed by atoms with van der Waals surface area (Å²) in [6.45, 7) is 3.08. The van der Waals surface area contributed by atoms with Crippen LogP contribution in [-0.2, 0) is 19.6 Å². The number of carbonyl (C=O) groups excluding carboxylic acids is 3. The summed E-state index contributed by atoms with van der Waals surface area (Å²) in [6, 6.07) is 4.34. The van der Waals surface area contributed by atoms with E-state index in [1.54, 1.807) is 17.0 Å². The molecule has 33 heavy (non-hydrogen) atoms. The molecule has 2 unspecified atom stereocenters. The first-order chi connectivity index (χ1) is 15.7. The highest BCUT2D eigenvalue weighted by Gasteiger charge is 2.42. The van der Waals surface area contributed by atoms with Gasteiger partial charge in [-0.1, -0.05) is 11.3 Å². The molecule has 2 saturated heterocycles. The Kier molecular flexibility index (Phi) is 5.90. The Balaban J connectivity index is 1.56. The molecule has 1 aromatic heterocycles. The van der Waals surface area contributed by atoms with Crippen molar-refractivity contribution in [3.8, 4) is 5.69 Å². The Hall–Kier alpha value is -3.72. The quantitative estimate of drug-likeness (QED) is 0.403. The van der Waals surface area contributed by atoms with E-state index in [0.717, 1.165) is 0 Å². The number of aromatic nitrogens is 3. The van der Waals surface area contributed by atoms with E-state index >= 15 is 0 Å². The molecule has 0 aliphatic carbocycles. The predicted octanol–water partition coefficient (Wildman–Crippen LogP) is -1.34. The molecule has 3 heterocycles. The van der Waals surface area contributed by atoms with Crippen LogP contribution < -0.4 is 21.1 Å². The lowest BCUT2D eigenvalue weighted by Gasteiger charge is -2.28. The topological polar surface area (TPSA) is 191 Å². The van der Waals surface area contributed by atoms with Crippen molar-refractivity contribution in [3.05, 3.63) is 30.0 Å². The van der Waals surface area contributed by atoms with Crippen LogP contribution in [0.25, 0.3) is 5.69 Å². The molecule has 14 nitrogen and oxygen atoms in total. The lowest BCUT2D eigenvalue weighted by Crippen LogP contribution is -2.63. The van der Waals surface area contributed by atoms with E-state index < -0.39 is 33.3 Å². The minimum absolute atomic E-state index is 0.00510. The normalized spacial score (nSPS) is 21.3. The number of anilines is 2. The monoisotopic (exact) mass is 478 g/mol. The van der Waals surface area contributed by atoms with Gasteiger partial charge in [0.05, 0.1) is 30.6 Å². The number of nitrogens with one attached hydrogen (secondary N) is 3. The van der Waals surface area contributed by atoms with Gasteiger partial charge >= 0.3 is 6.03 Å². The summed E-state index contributed by atoms with van der Waals surface area (Å²) in [5.41, 5.74) is 6.56. The van der Waals surface area contributed by atoms with Crippen LogP contribution in [0.5, 0.6) is 0 Å². The summed E-state index contributed by atoms with van der Waals surface area (Å²) >= 11 is 0.